The predicted octanol–water partition coefficient (Wildman–Crippen LogP) is 2.89. The number of allylic oxidation sites excluding steroid dienone is 1. The Bertz CT molecular complexity index is 471. The molecule has 1 atom stereocenters. The molecular formula is C14H16FNO2. The summed E-state index contributed by atoms with van der Waals surface area (Å²) in [5.41, 5.74) is 0.909. The van der Waals surface area contributed by atoms with Gasteiger partial charge in [-0.3, -0.25) is 4.79 Å². The van der Waals surface area contributed by atoms with Crippen LogP contribution in [0.3, 0.4) is 0 Å². The summed E-state index contributed by atoms with van der Waals surface area (Å²) in [5, 5.41) is 2.70. The minimum atomic E-state index is -0.752. The molecule has 3 nitrogen and oxygen atoms in total. The van der Waals surface area contributed by atoms with Gasteiger partial charge < -0.3 is 10.1 Å². The molecule has 1 amide bonds. The SMILES string of the molecule is C/C=C(\F)C(=O)NC1CCCOc2ccccc21. The van der Waals surface area contributed by atoms with Gasteiger partial charge in [-0.2, -0.15) is 0 Å². The molecule has 0 aliphatic carbocycles. The number of ether oxygens (including phenoxy) is 1. The quantitative estimate of drug-likeness (QED) is 0.818. The Balaban J connectivity index is 2.20. The van der Waals surface area contributed by atoms with Crippen LogP contribution in [0.4, 0.5) is 4.39 Å². The average Bonchev–Trinajstić information content (AvgIpc) is 2.60. The molecule has 1 aliphatic heterocycles. The minimum Gasteiger partial charge on any atom is -0.493 e. The van der Waals surface area contributed by atoms with Crippen molar-refractivity contribution in [3.63, 3.8) is 0 Å². The Kier molecular flexibility index (Phi) is 3.97. The zero-order valence-corrected chi connectivity index (χ0v) is 10.3. The van der Waals surface area contributed by atoms with Gasteiger partial charge in [0.2, 0.25) is 0 Å². The standard InChI is InChI=1S/C14H16FNO2/c1-2-11(15)14(17)16-12-7-5-9-18-13-8-4-3-6-10(12)13/h2-4,6,8,12H,5,7,9H2,1H3,(H,16,17)/b11-2-. The maximum atomic E-state index is 13.2. The van der Waals surface area contributed by atoms with Gasteiger partial charge in [-0.15, -0.1) is 0 Å². The molecule has 0 spiro atoms. The molecule has 0 saturated carbocycles. The van der Waals surface area contributed by atoms with Crippen LogP contribution < -0.4 is 10.1 Å². The van der Waals surface area contributed by atoms with Crippen molar-refractivity contribution in [2.45, 2.75) is 25.8 Å². The van der Waals surface area contributed by atoms with E-state index >= 15 is 0 Å². The van der Waals surface area contributed by atoms with E-state index in [-0.39, 0.29) is 6.04 Å². The Labute approximate surface area is 106 Å². The number of amides is 1. The fourth-order valence-corrected chi connectivity index (χ4v) is 2.03. The van der Waals surface area contributed by atoms with Crippen molar-refractivity contribution < 1.29 is 13.9 Å². The van der Waals surface area contributed by atoms with Gasteiger partial charge in [-0.25, -0.2) is 4.39 Å². The first kappa shape index (κ1) is 12.6. The highest BCUT2D eigenvalue weighted by molar-refractivity contribution is 5.91. The Morgan fingerprint density at radius 2 is 2.28 bits per heavy atom. The van der Waals surface area contributed by atoms with E-state index in [9.17, 15) is 9.18 Å². The van der Waals surface area contributed by atoms with Crippen molar-refractivity contribution in [3.05, 3.63) is 41.7 Å². The number of benzene rings is 1. The molecule has 0 bridgehead atoms. The Morgan fingerprint density at radius 1 is 1.50 bits per heavy atom. The van der Waals surface area contributed by atoms with E-state index in [1.807, 2.05) is 24.3 Å². The summed E-state index contributed by atoms with van der Waals surface area (Å²) < 4.78 is 18.8. The monoisotopic (exact) mass is 249 g/mol. The second kappa shape index (κ2) is 5.67. The number of para-hydroxylation sites is 1. The lowest BCUT2D eigenvalue weighted by Crippen LogP contribution is -2.28. The molecule has 0 saturated heterocycles. The molecule has 1 aromatic rings. The van der Waals surface area contributed by atoms with Gasteiger partial charge in [0.15, 0.2) is 5.83 Å². The van der Waals surface area contributed by atoms with Crippen LogP contribution in [0.15, 0.2) is 36.2 Å². The molecule has 0 radical (unpaired) electrons. The van der Waals surface area contributed by atoms with Gasteiger partial charge in [-0.05, 0) is 31.9 Å². The highest BCUT2D eigenvalue weighted by atomic mass is 19.1. The zero-order valence-electron chi connectivity index (χ0n) is 10.3. The largest absolute Gasteiger partial charge is 0.493 e. The number of halogens is 1. The second-order valence-electron chi connectivity index (χ2n) is 4.19. The van der Waals surface area contributed by atoms with Crippen molar-refractivity contribution in [1.29, 1.82) is 0 Å². The molecule has 4 heteroatoms. The van der Waals surface area contributed by atoms with Crippen LogP contribution in [0.2, 0.25) is 0 Å². The van der Waals surface area contributed by atoms with Crippen molar-refractivity contribution in [3.8, 4) is 5.75 Å². The van der Waals surface area contributed by atoms with E-state index in [2.05, 4.69) is 5.32 Å². The van der Waals surface area contributed by atoms with E-state index in [0.717, 1.165) is 30.2 Å². The van der Waals surface area contributed by atoms with Crippen LogP contribution in [0.1, 0.15) is 31.4 Å². The van der Waals surface area contributed by atoms with Crippen molar-refractivity contribution >= 4 is 5.91 Å². The van der Waals surface area contributed by atoms with Gasteiger partial charge in [0.05, 0.1) is 12.6 Å². The van der Waals surface area contributed by atoms with E-state index in [1.165, 1.54) is 6.92 Å². The number of rotatable bonds is 2. The smallest absolute Gasteiger partial charge is 0.280 e. The van der Waals surface area contributed by atoms with E-state index < -0.39 is 11.7 Å². The topological polar surface area (TPSA) is 38.3 Å². The van der Waals surface area contributed by atoms with Crippen molar-refractivity contribution in [1.82, 2.24) is 5.32 Å². The third-order valence-electron chi connectivity index (χ3n) is 2.96. The predicted molar refractivity (Wildman–Crippen MR) is 66.9 cm³/mol. The van der Waals surface area contributed by atoms with Gasteiger partial charge in [-0.1, -0.05) is 18.2 Å². The van der Waals surface area contributed by atoms with Crippen LogP contribution in [0.5, 0.6) is 5.75 Å². The fourth-order valence-electron chi connectivity index (χ4n) is 2.03. The van der Waals surface area contributed by atoms with Crippen LogP contribution in [0, 0.1) is 0 Å². The van der Waals surface area contributed by atoms with Crippen molar-refractivity contribution in [2.75, 3.05) is 6.61 Å². The molecule has 1 heterocycles. The summed E-state index contributed by atoms with van der Waals surface area (Å²) in [7, 11) is 0. The molecule has 18 heavy (non-hydrogen) atoms. The van der Waals surface area contributed by atoms with E-state index in [1.54, 1.807) is 0 Å². The van der Waals surface area contributed by atoms with E-state index in [0.29, 0.717) is 6.61 Å². The van der Waals surface area contributed by atoms with Crippen LogP contribution in [-0.4, -0.2) is 12.5 Å². The molecule has 2 rings (SSSR count). The first-order chi connectivity index (χ1) is 8.72. The number of carbonyl (C=O) groups excluding carboxylic acids is 1. The fraction of sp³-hybridized carbons (Fsp3) is 0.357. The molecular weight excluding hydrogens is 233 g/mol. The number of carbonyl (C=O) groups is 1. The molecule has 1 aromatic carbocycles. The lowest BCUT2D eigenvalue weighted by Gasteiger charge is -2.17. The zero-order chi connectivity index (χ0) is 13.0. The maximum absolute atomic E-state index is 13.2. The molecule has 96 valence electrons. The molecule has 0 fully saturated rings. The Morgan fingerprint density at radius 3 is 3.06 bits per heavy atom. The lowest BCUT2D eigenvalue weighted by atomic mass is 10.0. The van der Waals surface area contributed by atoms with Gasteiger partial charge >= 0.3 is 0 Å². The van der Waals surface area contributed by atoms with Crippen LogP contribution >= 0.6 is 0 Å². The average molecular weight is 249 g/mol. The summed E-state index contributed by atoms with van der Waals surface area (Å²) in [6.07, 6.45) is 2.74. The van der Waals surface area contributed by atoms with E-state index in [4.69, 9.17) is 4.74 Å². The number of hydrogen-bond acceptors (Lipinski definition) is 2. The molecule has 1 aliphatic rings. The number of hydrogen-bond donors (Lipinski definition) is 1. The summed E-state index contributed by atoms with van der Waals surface area (Å²) in [6, 6.07) is 7.35. The second-order valence-corrected chi connectivity index (χ2v) is 4.19. The summed E-state index contributed by atoms with van der Waals surface area (Å²) in [6.45, 7) is 2.12. The minimum absolute atomic E-state index is 0.193. The number of fused-ring (bicyclic) bond motifs is 1. The summed E-state index contributed by atoms with van der Waals surface area (Å²) in [4.78, 5) is 11.6. The van der Waals surface area contributed by atoms with Gasteiger partial charge in [0, 0.05) is 5.56 Å². The number of nitrogens with one attached hydrogen (secondary N) is 1. The first-order valence-corrected chi connectivity index (χ1v) is 6.06. The maximum Gasteiger partial charge on any atom is 0.280 e. The van der Waals surface area contributed by atoms with Gasteiger partial charge in [0.1, 0.15) is 5.75 Å². The molecule has 0 aromatic heterocycles. The lowest BCUT2D eigenvalue weighted by molar-refractivity contribution is -0.119. The van der Waals surface area contributed by atoms with Crippen LogP contribution in [0.25, 0.3) is 0 Å². The third-order valence-corrected chi connectivity index (χ3v) is 2.96. The summed E-state index contributed by atoms with van der Waals surface area (Å²) >= 11 is 0. The first-order valence-electron chi connectivity index (χ1n) is 6.06. The molecule has 1 N–H and O–H groups in total. The summed E-state index contributed by atoms with van der Waals surface area (Å²) in [5.74, 6) is -0.655. The molecule has 1 unspecified atom stereocenters. The van der Waals surface area contributed by atoms with Crippen LogP contribution in [-0.2, 0) is 4.79 Å². The third kappa shape index (κ3) is 2.70. The normalized spacial score (nSPS) is 19.4. The van der Waals surface area contributed by atoms with Crippen molar-refractivity contribution in [2.24, 2.45) is 0 Å². The highest BCUT2D eigenvalue weighted by Crippen LogP contribution is 2.31. The Hall–Kier alpha value is -1.84. The van der Waals surface area contributed by atoms with Gasteiger partial charge in [0.25, 0.3) is 5.91 Å². The highest BCUT2D eigenvalue weighted by Gasteiger charge is 2.22.